The lowest BCUT2D eigenvalue weighted by molar-refractivity contribution is -0.160. The zero-order chi connectivity index (χ0) is 41.3. The normalized spacial score (nSPS) is 31.2. The molecule has 6 N–H and O–H groups in total. The van der Waals surface area contributed by atoms with Crippen molar-refractivity contribution in [1.82, 2.24) is 0 Å². The topological polar surface area (TPSA) is 245 Å². The van der Waals surface area contributed by atoms with Crippen LogP contribution in [0.5, 0.6) is 23.0 Å². The molecule has 3 aliphatic rings. The summed E-state index contributed by atoms with van der Waals surface area (Å²) in [5.41, 5.74) is -2.66. The second-order valence-electron chi connectivity index (χ2n) is 14.2. The Morgan fingerprint density at radius 2 is 1.67 bits per heavy atom. The first kappa shape index (κ1) is 42.3. The van der Waals surface area contributed by atoms with Gasteiger partial charge in [-0.1, -0.05) is 32.9 Å². The molecule has 2 aromatic rings. The van der Waals surface area contributed by atoms with Gasteiger partial charge in [0.1, 0.15) is 29.0 Å². The molecule has 5 rings (SSSR count). The van der Waals surface area contributed by atoms with E-state index in [-0.39, 0.29) is 44.7 Å². The van der Waals surface area contributed by atoms with E-state index in [1.54, 1.807) is 13.8 Å². The maximum atomic E-state index is 14.2. The summed E-state index contributed by atoms with van der Waals surface area (Å²) in [6.07, 6.45) is 2.81. The molecule has 8 atom stereocenters. The van der Waals surface area contributed by atoms with Gasteiger partial charge >= 0.3 is 17.7 Å². The number of hydrogen-bond donors (Lipinski definition) is 6. The van der Waals surface area contributed by atoms with Crippen LogP contribution < -0.4 is 14.8 Å². The number of carboxylic acid groups (broad SMARTS) is 1. The molecule has 298 valence electrons. The van der Waals surface area contributed by atoms with Crippen LogP contribution in [0.2, 0.25) is 0 Å². The molecule has 3 heterocycles. The maximum Gasteiger partial charge on any atom is 0.341 e. The zero-order valence-corrected chi connectivity index (χ0v) is 32.0. The van der Waals surface area contributed by atoms with Crippen LogP contribution >= 0.6 is 0 Å². The number of allylic oxidation sites excluding steroid dienone is 2. The first-order valence-corrected chi connectivity index (χ1v) is 17.4. The van der Waals surface area contributed by atoms with Gasteiger partial charge < -0.3 is 54.5 Å². The molecule has 16 nitrogen and oxygen atoms in total. The number of carbonyl (C=O) groups excluding carboxylic acids is 4. The van der Waals surface area contributed by atoms with Crippen LogP contribution in [0.1, 0.15) is 64.4 Å². The molecule has 0 aliphatic carbocycles. The number of methoxy groups -OCH3 is 1. The fourth-order valence-electron chi connectivity index (χ4n) is 6.77. The maximum absolute atomic E-state index is 14.2. The summed E-state index contributed by atoms with van der Waals surface area (Å²) in [6, 6.07) is 1.08. The molecule has 55 heavy (non-hydrogen) atoms. The predicted molar refractivity (Wildman–Crippen MR) is 196 cm³/mol. The number of hydrogen-bond acceptors (Lipinski definition) is 14. The Morgan fingerprint density at radius 3 is 2.27 bits per heavy atom. The Kier molecular flexibility index (Phi) is 12.4. The van der Waals surface area contributed by atoms with Crippen molar-refractivity contribution in [3.05, 3.63) is 53.3 Å². The van der Waals surface area contributed by atoms with Crippen LogP contribution in [0.15, 0.2) is 42.2 Å². The van der Waals surface area contributed by atoms with Gasteiger partial charge in [0.2, 0.25) is 0 Å². The van der Waals surface area contributed by atoms with E-state index in [2.05, 4.69) is 5.32 Å². The summed E-state index contributed by atoms with van der Waals surface area (Å²) in [7, 11) is 1.37. The van der Waals surface area contributed by atoms with Crippen molar-refractivity contribution in [2.45, 2.75) is 85.1 Å². The predicted octanol–water partition coefficient (Wildman–Crippen LogP) is 3.84. The number of phenolic OH excluding ortho intramolecular Hbond substituents is 2. The molecule has 3 aliphatic heterocycles. The lowest BCUT2D eigenvalue weighted by Crippen LogP contribution is -2.48. The van der Waals surface area contributed by atoms with Gasteiger partial charge in [0, 0.05) is 61.3 Å². The molecule has 1 amide bonds. The number of carboxylic acids is 1. The monoisotopic (exact) mass is 769 g/mol. The van der Waals surface area contributed by atoms with Crippen molar-refractivity contribution < 1.29 is 73.2 Å². The van der Waals surface area contributed by atoms with Crippen LogP contribution in [0.4, 0.5) is 5.69 Å². The molecular formula is C39H47NO15. The van der Waals surface area contributed by atoms with E-state index >= 15 is 0 Å². The summed E-state index contributed by atoms with van der Waals surface area (Å²) in [5, 5.41) is 56.7. The number of benzene rings is 2. The number of aromatic hydroxyl groups is 2. The summed E-state index contributed by atoms with van der Waals surface area (Å²) in [6.45, 7) is 10.2. The van der Waals surface area contributed by atoms with Crippen molar-refractivity contribution >= 4 is 45.9 Å². The minimum absolute atomic E-state index is 0.00200. The minimum Gasteiger partial charge on any atom is -0.507 e. The Labute approximate surface area is 317 Å². The van der Waals surface area contributed by atoms with E-state index in [0.29, 0.717) is 0 Å². The Morgan fingerprint density at radius 1 is 1.02 bits per heavy atom. The third kappa shape index (κ3) is 8.30. The van der Waals surface area contributed by atoms with Crippen LogP contribution in [0, 0.1) is 24.7 Å². The average Bonchev–Trinajstić information content (AvgIpc) is 3.38. The molecule has 0 spiro atoms. The van der Waals surface area contributed by atoms with Gasteiger partial charge in [-0.25, -0.2) is 4.79 Å². The second-order valence-corrected chi connectivity index (χ2v) is 14.2. The number of fused-ring (bicyclic) bond motifs is 14. The highest BCUT2D eigenvalue weighted by atomic mass is 16.7. The molecule has 0 unspecified atom stereocenters. The van der Waals surface area contributed by atoms with Crippen molar-refractivity contribution in [2.24, 2.45) is 17.8 Å². The molecule has 5 bridgehead atoms. The quantitative estimate of drug-likeness (QED) is 0.187. The Bertz CT molecular complexity index is 2000. The summed E-state index contributed by atoms with van der Waals surface area (Å²) in [4.78, 5) is 64.8. The number of ketones is 2. The molecule has 2 aromatic carbocycles. The third-order valence-corrected chi connectivity index (χ3v) is 9.99. The number of nitrogens with one attached hydrogen (secondary N) is 1. The van der Waals surface area contributed by atoms with Gasteiger partial charge in [0.15, 0.2) is 18.1 Å². The first-order chi connectivity index (χ1) is 25.6. The number of ether oxygens (including phenoxy) is 5. The summed E-state index contributed by atoms with van der Waals surface area (Å²) >= 11 is 0. The van der Waals surface area contributed by atoms with Crippen LogP contribution in [0.25, 0.3) is 10.8 Å². The average molecular weight is 770 g/mol. The molecule has 16 heteroatoms. The van der Waals surface area contributed by atoms with E-state index in [9.17, 15) is 49.5 Å². The number of esters is 1. The summed E-state index contributed by atoms with van der Waals surface area (Å²) in [5.74, 6) is -11.0. The van der Waals surface area contributed by atoms with Gasteiger partial charge in [-0.05, 0) is 32.9 Å². The highest BCUT2D eigenvalue weighted by Crippen LogP contribution is 2.54. The smallest absolute Gasteiger partial charge is 0.341 e. The van der Waals surface area contributed by atoms with Gasteiger partial charge in [-0.2, -0.15) is 0 Å². The molecule has 0 fully saturated rings. The first-order valence-electron chi connectivity index (χ1n) is 17.4. The largest absolute Gasteiger partial charge is 0.507 e. The van der Waals surface area contributed by atoms with Crippen molar-refractivity contribution in [3.63, 3.8) is 0 Å². The van der Waals surface area contributed by atoms with Crippen LogP contribution in [0.3, 0.4) is 0 Å². The highest BCUT2D eigenvalue weighted by Gasteiger charge is 2.50. The van der Waals surface area contributed by atoms with Crippen molar-refractivity contribution in [1.29, 1.82) is 0 Å². The van der Waals surface area contributed by atoms with Crippen LogP contribution in [-0.2, 0) is 33.4 Å². The lowest BCUT2D eigenvalue weighted by Gasteiger charge is -2.37. The molecule has 0 saturated carbocycles. The SMILES string of the molecule is CO[C@H]1/C=C/O[C@@]2(C)Oc3c(C)c(O)c4c(O)c(cc(OCC(=O)O)c4c3C2=O)NC(=O)/C(C)=C\C=C\[C@](C)(O)C(=O)[C@@H](C)[C@@H](O)[C@H](C)[C@H](OC(C)=O)[C@H]1C. The molecule has 0 saturated heterocycles. The minimum atomic E-state index is -2.13. The summed E-state index contributed by atoms with van der Waals surface area (Å²) < 4.78 is 28.7. The number of Topliss-reactive ketones (excluding diaryl/α,β-unsaturated/α-hetero) is 2. The van der Waals surface area contributed by atoms with Gasteiger partial charge in [-0.15, -0.1) is 0 Å². The number of aliphatic carboxylic acids is 1. The molecule has 0 aromatic heterocycles. The lowest BCUT2D eigenvalue weighted by atomic mass is 9.78. The number of amides is 1. The van der Waals surface area contributed by atoms with E-state index in [4.69, 9.17) is 23.7 Å². The molecular weight excluding hydrogens is 722 g/mol. The standard InChI is InChI=1S/C39H47NO15/c1-17-11-10-13-38(7,50)35(47)21(5)30(44)19(3)33(54-22(6)41)18(2)24(51-9)12-14-53-39(8)36(48)29-27-25(52-16-26(42)43)15-23(40-37(17)49)32(46)28(27)31(45)20(4)34(29)55-39/h10-15,18-19,21,24,30,33,44-46,50H,16H2,1-9H3,(H,40,49)(H,42,43)/b13-10+,14-12+,17-11-/t18-,19-,21-,24-,30-,33+,38-,39-/m0/s1. The third-order valence-electron chi connectivity index (χ3n) is 9.99. The second kappa shape index (κ2) is 16.1. The van der Waals surface area contributed by atoms with E-state index in [0.717, 1.165) is 18.4 Å². The zero-order valence-electron chi connectivity index (χ0n) is 32.0. The Hall–Kier alpha value is -5.45. The van der Waals surface area contributed by atoms with E-state index in [1.165, 1.54) is 66.9 Å². The van der Waals surface area contributed by atoms with Gasteiger partial charge in [0.25, 0.3) is 11.7 Å². The molecule has 0 radical (unpaired) electrons. The highest BCUT2D eigenvalue weighted by molar-refractivity contribution is 6.21. The number of carbonyl (C=O) groups is 5. The number of anilines is 1. The fraction of sp³-hybridized carbons (Fsp3) is 0.462. The fourth-order valence-corrected chi connectivity index (χ4v) is 6.77. The number of rotatable bonds is 5. The van der Waals surface area contributed by atoms with E-state index < -0.39 is 95.0 Å². The Balaban J connectivity index is 1.95. The number of aliphatic hydroxyl groups excluding tert-OH is 1. The van der Waals surface area contributed by atoms with Gasteiger partial charge in [0.05, 0.1) is 35.1 Å². The van der Waals surface area contributed by atoms with Crippen molar-refractivity contribution in [2.75, 3.05) is 19.0 Å². The van der Waals surface area contributed by atoms with Gasteiger partial charge in [-0.3, -0.25) is 19.2 Å². The number of aliphatic hydroxyl groups is 2. The van der Waals surface area contributed by atoms with E-state index in [1.807, 2.05) is 0 Å². The number of phenols is 2. The van der Waals surface area contributed by atoms with Crippen LogP contribution in [-0.4, -0.2) is 98.4 Å². The van der Waals surface area contributed by atoms with Crippen molar-refractivity contribution in [3.8, 4) is 23.0 Å².